The Bertz CT molecular complexity index is 1350. The zero-order chi connectivity index (χ0) is 25.6. The average Bonchev–Trinajstić information content (AvgIpc) is 3.20. The third-order valence-electron chi connectivity index (χ3n) is 6.76. The van der Waals surface area contributed by atoms with E-state index in [0.29, 0.717) is 18.5 Å². The highest BCUT2D eigenvalue weighted by Crippen LogP contribution is 2.34. The second kappa shape index (κ2) is 11.1. The molecule has 37 heavy (non-hydrogen) atoms. The van der Waals surface area contributed by atoms with E-state index in [-0.39, 0.29) is 24.0 Å². The molecule has 5 rings (SSSR count). The molecule has 0 saturated heterocycles. The number of nitrogens with zero attached hydrogens (tertiary/aromatic N) is 1. The van der Waals surface area contributed by atoms with E-state index in [2.05, 4.69) is 29.7 Å². The van der Waals surface area contributed by atoms with Crippen molar-refractivity contribution in [2.45, 2.75) is 32.0 Å². The van der Waals surface area contributed by atoms with Gasteiger partial charge in [-0.1, -0.05) is 85.8 Å². The average molecular weight is 490 g/mol. The van der Waals surface area contributed by atoms with Crippen LogP contribution in [0.25, 0.3) is 0 Å². The Balaban J connectivity index is 1.31. The molecule has 0 fully saturated rings. The third-order valence-corrected chi connectivity index (χ3v) is 6.76. The molecule has 0 aliphatic carbocycles. The summed E-state index contributed by atoms with van der Waals surface area (Å²) in [5.74, 6) is -0.0679. The van der Waals surface area contributed by atoms with Gasteiger partial charge in [-0.05, 0) is 54.3 Å². The summed E-state index contributed by atoms with van der Waals surface area (Å²) in [6, 6.07) is 35.3. The van der Waals surface area contributed by atoms with Crippen molar-refractivity contribution in [2.24, 2.45) is 0 Å². The standard InChI is InChI=1S/C32H31N3O2/c1-2-21-35-30(27-15-9-10-16-28(27)32(35)37)33-26-19-17-25(18-20-26)31(36)34-29(24-13-7-4-8-14-24)22-23-11-5-3-6-12-23/h3-20,29-30,33H,2,21-22H2,1H3,(H,34,36). The Morgan fingerprint density at radius 1 is 0.838 bits per heavy atom. The van der Waals surface area contributed by atoms with Crippen molar-refractivity contribution >= 4 is 17.5 Å². The fraction of sp³-hybridized carbons (Fsp3) is 0.188. The van der Waals surface area contributed by atoms with Crippen molar-refractivity contribution in [2.75, 3.05) is 11.9 Å². The number of hydrogen-bond donors (Lipinski definition) is 2. The molecule has 2 unspecified atom stereocenters. The second-order valence-electron chi connectivity index (χ2n) is 9.34. The molecule has 0 radical (unpaired) electrons. The van der Waals surface area contributed by atoms with Crippen molar-refractivity contribution in [3.8, 4) is 0 Å². The van der Waals surface area contributed by atoms with Crippen LogP contribution in [-0.2, 0) is 6.42 Å². The summed E-state index contributed by atoms with van der Waals surface area (Å²) in [4.78, 5) is 28.0. The summed E-state index contributed by atoms with van der Waals surface area (Å²) < 4.78 is 0. The van der Waals surface area contributed by atoms with Crippen LogP contribution in [0.2, 0.25) is 0 Å². The molecule has 1 aliphatic rings. The summed E-state index contributed by atoms with van der Waals surface area (Å²) in [6.45, 7) is 2.75. The van der Waals surface area contributed by atoms with Gasteiger partial charge in [-0.2, -0.15) is 0 Å². The maximum absolute atomic E-state index is 13.2. The minimum atomic E-state index is -0.225. The summed E-state index contributed by atoms with van der Waals surface area (Å²) in [5, 5.41) is 6.72. The van der Waals surface area contributed by atoms with Gasteiger partial charge in [0.15, 0.2) is 0 Å². The van der Waals surface area contributed by atoms with Gasteiger partial charge in [-0.15, -0.1) is 0 Å². The van der Waals surface area contributed by atoms with Gasteiger partial charge in [-0.25, -0.2) is 0 Å². The Morgan fingerprint density at radius 2 is 1.49 bits per heavy atom. The molecule has 0 aromatic heterocycles. The molecule has 0 saturated carbocycles. The maximum Gasteiger partial charge on any atom is 0.256 e. The molecule has 2 N–H and O–H groups in total. The highest BCUT2D eigenvalue weighted by Gasteiger charge is 2.35. The summed E-state index contributed by atoms with van der Waals surface area (Å²) >= 11 is 0. The number of benzene rings is 4. The van der Waals surface area contributed by atoms with Crippen LogP contribution in [0.3, 0.4) is 0 Å². The van der Waals surface area contributed by atoms with Gasteiger partial charge in [0.1, 0.15) is 6.17 Å². The van der Waals surface area contributed by atoms with Crippen LogP contribution in [0.1, 0.15) is 63.0 Å². The normalized spacial score (nSPS) is 15.2. The number of amides is 2. The topological polar surface area (TPSA) is 61.4 Å². The molecule has 4 aromatic rings. The first-order chi connectivity index (χ1) is 18.1. The number of fused-ring (bicyclic) bond motifs is 1. The second-order valence-corrected chi connectivity index (χ2v) is 9.34. The molecule has 0 bridgehead atoms. The SMILES string of the molecule is CCCN1C(=O)c2ccccc2C1Nc1ccc(C(=O)NC(Cc2ccccc2)c2ccccc2)cc1. The van der Waals surface area contributed by atoms with Gasteiger partial charge in [0.25, 0.3) is 11.8 Å². The largest absolute Gasteiger partial charge is 0.361 e. The smallest absolute Gasteiger partial charge is 0.256 e. The predicted octanol–water partition coefficient (Wildman–Crippen LogP) is 6.38. The molecular formula is C32H31N3O2. The van der Waals surface area contributed by atoms with Crippen molar-refractivity contribution in [3.63, 3.8) is 0 Å². The Morgan fingerprint density at radius 3 is 2.19 bits per heavy atom. The molecule has 1 heterocycles. The number of carbonyl (C=O) groups excluding carboxylic acids is 2. The highest BCUT2D eigenvalue weighted by molar-refractivity contribution is 5.99. The molecule has 4 aromatic carbocycles. The quantitative estimate of drug-likeness (QED) is 0.287. The van der Waals surface area contributed by atoms with Gasteiger partial charge in [0, 0.05) is 28.9 Å². The molecule has 2 amide bonds. The summed E-state index contributed by atoms with van der Waals surface area (Å²) in [7, 11) is 0. The van der Waals surface area contributed by atoms with Gasteiger partial charge in [0.05, 0.1) is 6.04 Å². The lowest BCUT2D eigenvalue weighted by Gasteiger charge is -2.27. The number of nitrogens with one attached hydrogen (secondary N) is 2. The van der Waals surface area contributed by atoms with Crippen LogP contribution in [0.5, 0.6) is 0 Å². The minimum Gasteiger partial charge on any atom is -0.361 e. The monoisotopic (exact) mass is 489 g/mol. The number of carbonyl (C=O) groups is 2. The third kappa shape index (κ3) is 5.41. The van der Waals surface area contributed by atoms with Crippen molar-refractivity contribution in [1.82, 2.24) is 10.2 Å². The number of hydrogen-bond acceptors (Lipinski definition) is 3. The Hall–Kier alpha value is -4.38. The molecule has 186 valence electrons. The lowest BCUT2D eigenvalue weighted by atomic mass is 9.98. The zero-order valence-electron chi connectivity index (χ0n) is 20.9. The molecule has 1 aliphatic heterocycles. The molecule has 5 heteroatoms. The van der Waals surface area contributed by atoms with Crippen molar-refractivity contribution < 1.29 is 9.59 Å². The van der Waals surface area contributed by atoms with E-state index in [1.165, 1.54) is 5.56 Å². The zero-order valence-corrected chi connectivity index (χ0v) is 20.9. The summed E-state index contributed by atoms with van der Waals surface area (Å²) in [6.07, 6.45) is 1.36. The minimum absolute atomic E-state index is 0.0521. The fourth-order valence-electron chi connectivity index (χ4n) is 4.90. The van der Waals surface area contributed by atoms with E-state index in [0.717, 1.165) is 28.8 Å². The first kappa shape index (κ1) is 24.3. The lowest BCUT2D eigenvalue weighted by Crippen LogP contribution is -2.33. The number of rotatable bonds is 9. The Labute approximate surface area is 218 Å². The van der Waals surface area contributed by atoms with Gasteiger partial charge < -0.3 is 15.5 Å². The van der Waals surface area contributed by atoms with Crippen molar-refractivity contribution in [3.05, 3.63) is 137 Å². The van der Waals surface area contributed by atoms with Crippen LogP contribution in [0, 0.1) is 0 Å². The fourth-order valence-corrected chi connectivity index (χ4v) is 4.90. The number of anilines is 1. The maximum atomic E-state index is 13.2. The van der Waals surface area contributed by atoms with Crippen molar-refractivity contribution in [1.29, 1.82) is 0 Å². The van der Waals surface area contributed by atoms with Crippen LogP contribution >= 0.6 is 0 Å². The van der Waals surface area contributed by atoms with Gasteiger partial charge in [-0.3, -0.25) is 9.59 Å². The molecule has 2 atom stereocenters. The molecule has 5 nitrogen and oxygen atoms in total. The van der Waals surface area contributed by atoms with Gasteiger partial charge in [0.2, 0.25) is 0 Å². The van der Waals surface area contributed by atoms with Crippen LogP contribution in [0.4, 0.5) is 5.69 Å². The lowest BCUT2D eigenvalue weighted by molar-refractivity contribution is 0.0743. The first-order valence-electron chi connectivity index (χ1n) is 12.8. The highest BCUT2D eigenvalue weighted by atomic mass is 16.2. The predicted molar refractivity (Wildman–Crippen MR) is 147 cm³/mol. The van der Waals surface area contributed by atoms with E-state index in [1.807, 2.05) is 102 Å². The van der Waals surface area contributed by atoms with Crippen LogP contribution in [-0.4, -0.2) is 23.3 Å². The Kier molecular flexibility index (Phi) is 7.31. The summed E-state index contributed by atoms with van der Waals surface area (Å²) in [5.41, 5.74) is 5.41. The van der Waals surface area contributed by atoms with Gasteiger partial charge >= 0.3 is 0 Å². The molecular weight excluding hydrogens is 458 g/mol. The van der Waals surface area contributed by atoms with E-state index >= 15 is 0 Å². The first-order valence-corrected chi connectivity index (χ1v) is 12.8. The van der Waals surface area contributed by atoms with E-state index < -0.39 is 0 Å². The van der Waals surface area contributed by atoms with E-state index in [1.54, 1.807) is 0 Å². The molecule has 0 spiro atoms. The van der Waals surface area contributed by atoms with Crippen LogP contribution in [0.15, 0.2) is 109 Å². The van der Waals surface area contributed by atoms with E-state index in [9.17, 15) is 9.59 Å². The van der Waals surface area contributed by atoms with Crippen LogP contribution < -0.4 is 10.6 Å². The van der Waals surface area contributed by atoms with E-state index in [4.69, 9.17) is 0 Å².